The van der Waals surface area contributed by atoms with Gasteiger partial charge in [0.15, 0.2) is 22.3 Å². The first-order valence-electron chi connectivity index (χ1n) is 8.80. The van der Waals surface area contributed by atoms with E-state index in [9.17, 15) is 48.3 Å². The number of fused-ring (bicyclic) bond motifs is 1. The molecule has 0 fully saturated rings. The molecule has 6 nitrogen and oxygen atoms in total. The number of ether oxygens (including phenoxy) is 1. The molecule has 3 rings (SSSR count). The molecule has 0 spiro atoms. The summed E-state index contributed by atoms with van der Waals surface area (Å²) in [7, 11) is -4.17. The number of nitrogens with zero attached hydrogens (tertiary/aromatic N) is 2. The number of hydrogen-bond donors (Lipinski definition) is 0. The Labute approximate surface area is 184 Å². The zero-order valence-corrected chi connectivity index (χ0v) is 17.9. The lowest BCUT2D eigenvalue weighted by molar-refractivity contribution is -0.287. The van der Waals surface area contributed by atoms with Crippen LogP contribution in [-0.4, -0.2) is 44.0 Å². The molecular formula is C17H12F8N2O4S2. The summed E-state index contributed by atoms with van der Waals surface area (Å²) in [4.78, 5) is 14.6. The third-order valence-electron chi connectivity index (χ3n) is 4.42. The van der Waals surface area contributed by atoms with Crippen LogP contribution in [0, 0.1) is 0 Å². The van der Waals surface area contributed by atoms with Crippen molar-refractivity contribution in [3.63, 3.8) is 0 Å². The largest absolute Gasteiger partial charge is 0.482 e. The van der Waals surface area contributed by atoms with Crippen molar-refractivity contribution in [1.29, 1.82) is 0 Å². The number of rotatable bonds is 6. The van der Waals surface area contributed by atoms with Crippen LogP contribution < -0.4 is 9.64 Å². The van der Waals surface area contributed by atoms with Crippen LogP contribution in [0.1, 0.15) is 27.0 Å². The minimum Gasteiger partial charge on any atom is -0.482 e. The van der Waals surface area contributed by atoms with Gasteiger partial charge < -0.3 is 4.74 Å². The Kier molecular flexibility index (Phi) is 6.15. The maximum atomic E-state index is 13.6. The van der Waals surface area contributed by atoms with Gasteiger partial charge in [0.1, 0.15) is 10.6 Å². The van der Waals surface area contributed by atoms with Crippen LogP contribution in [0.4, 0.5) is 40.9 Å². The molecule has 0 saturated heterocycles. The van der Waals surface area contributed by atoms with Crippen LogP contribution in [-0.2, 0) is 22.3 Å². The first-order valence-corrected chi connectivity index (χ1v) is 11.3. The van der Waals surface area contributed by atoms with Gasteiger partial charge in [-0.25, -0.2) is 13.4 Å². The Morgan fingerprint density at radius 3 is 2.27 bits per heavy atom. The van der Waals surface area contributed by atoms with Gasteiger partial charge in [0, 0.05) is 6.07 Å². The first-order chi connectivity index (χ1) is 15.0. The van der Waals surface area contributed by atoms with E-state index in [-0.39, 0.29) is 16.9 Å². The molecule has 16 heteroatoms. The number of pyridine rings is 1. The second-order valence-electron chi connectivity index (χ2n) is 6.73. The van der Waals surface area contributed by atoms with E-state index < -0.39 is 79.1 Å². The van der Waals surface area contributed by atoms with Gasteiger partial charge in [0.05, 0.1) is 28.2 Å². The number of carbonyl (C=O) groups excluding carboxylic acids is 1. The van der Waals surface area contributed by atoms with Crippen molar-refractivity contribution in [3.05, 3.63) is 33.6 Å². The molecular weight excluding hydrogens is 512 g/mol. The van der Waals surface area contributed by atoms with Crippen LogP contribution in [0.2, 0.25) is 0 Å². The van der Waals surface area contributed by atoms with Gasteiger partial charge in [-0.1, -0.05) is 6.92 Å². The molecule has 0 atom stereocenters. The molecule has 0 radical (unpaired) electrons. The molecule has 2 aromatic rings. The molecule has 1 aliphatic rings. The summed E-state index contributed by atoms with van der Waals surface area (Å²) >= 11 is -0.0927. The Morgan fingerprint density at radius 2 is 1.76 bits per heavy atom. The third kappa shape index (κ3) is 4.76. The third-order valence-corrected chi connectivity index (χ3v) is 7.39. The zero-order chi connectivity index (χ0) is 25.0. The molecule has 0 unspecified atom stereocenters. The fourth-order valence-corrected chi connectivity index (χ4v) is 4.97. The second kappa shape index (κ2) is 8.07. The zero-order valence-electron chi connectivity index (χ0n) is 16.2. The van der Waals surface area contributed by atoms with Crippen LogP contribution in [0.25, 0.3) is 0 Å². The van der Waals surface area contributed by atoms with E-state index in [0.29, 0.717) is 6.07 Å². The van der Waals surface area contributed by atoms with Crippen LogP contribution in [0.15, 0.2) is 23.2 Å². The number of aromatic nitrogens is 1. The summed E-state index contributed by atoms with van der Waals surface area (Å²) in [5.74, 6) is -7.89. The summed E-state index contributed by atoms with van der Waals surface area (Å²) in [6, 6.07) is 1.23. The number of halogens is 8. The summed E-state index contributed by atoms with van der Waals surface area (Å²) < 4.78 is 132. The molecule has 1 aliphatic heterocycles. The molecule has 0 aromatic carbocycles. The summed E-state index contributed by atoms with van der Waals surface area (Å²) in [6.07, 6.45) is -9.87. The summed E-state index contributed by atoms with van der Waals surface area (Å²) in [5.41, 5.74) is -0.206. The quantitative estimate of drug-likeness (QED) is 0.513. The molecule has 182 valence electrons. The number of sulfone groups is 1. The molecule has 3 heterocycles. The lowest BCUT2D eigenvalue weighted by atomic mass is 10.2. The van der Waals surface area contributed by atoms with E-state index in [2.05, 4.69) is 9.72 Å². The highest BCUT2D eigenvalue weighted by Crippen LogP contribution is 2.48. The number of thiophene rings is 1. The van der Waals surface area contributed by atoms with Crippen molar-refractivity contribution in [2.45, 2.75) is 36.6 Å². The lowest BCUT2D eigenvalue weighted by Crippen LogP contribution is -2.33. The van der Waals surface area contributed by atoms with E-state index in [1.807, 2.05) is 0 Å². The number of carbonyl (C=O) groups is 1. The van der Waals surface area contributed by atoms with E-state index in [1.165, 1.54) is 6.92 Å². The highest BCUT2D eigenvalue weighted by Gasteiger charge is 2.60. The van der Waals surface area contributed by atoms with Gasteiger partial charge in [-0.3, -0.25) is 9.69 Å². The molecule has 2 aromatic heterocycles. The summed E-state index contributed by atoms with van der Waals surface area (Å²) in [6.45, 7) is -1.09. The van der Waals surface area contributed by atoms with Crippen molar-refractivity contribution < 1.29 is 53.1 Å². The van der Waals surface area contributed by atoms with Crippen molar-refractivity contribution in [1.82, 2.24) is 4.98 Å². The predicted molar refractivity (Wildman–Crippen MR) is 98.3 cm³/mol. The molecule has 33 heavy (non-hydrogen) atoms. The van der Waals surface area contributed by atoms with Crippen LogP contribution >= 0.6 is 11.3 Å². The fraction of sp³-hybridized carbons (Fsp3) is 0.412. The fourth-order valence-electron chi connectivity index (χ4n) is 2.81. The van der Waals surface area contributed by atoms with Gasteiger partial charge in [-0.15, -0.1) is 11.3 Å². The highest BCUT2D eigenvalue weighted by atomic mass is 32.2. The number of anilines is 1. The number of amides is 1. The van der Waals surface area contributed by atoms with Crippen molar-refractivity contribution in [2.24, 2.45) is 0 Å². The SMILES string of the molecule is CCS(=O)(=O)c1cc(OCC(F)(F)F)cnc1N1Cc2cc(C(F)(F)C(F)(F)F)sc2C1=O. The average Bonchev–Trinajstić information content (AvgIpc) is 3.25. The van der Waals surface area contributed by atoms with Crippen molar-refractivity contribution in [2.75, 3.05) is 17.3 Å². The van der Waals surface area contributed by atoms with Gasteiger partial charge in [0.25, 0.3) is 5.91 Å². The van der Waals surface area contributed by atoms with Crippen LogP contribution in [0.3, 0.4) is 0 Å². The maximum absolute atomic E-state index is 13.6. The molecule has 0 saturated carbocycles. The average molecular weight is 524 g/mol. The first kappa shape index (κ1) is 25.1. The second-order valence-corrected chi connectivity index (χ2v) is 10.0. The highest BCUT2D eigenvalue weighted by molar-refractivity contribution is 7.91. The van der Waals surface area contributed by atoms with Crippen molar-refractivity contribution >= 4 is 32.9 Å². The smallest absolute Gasteiger partial charge is 0.458 e. The Balaban J connectivity index is 1.99. The van der Waals surface area contributed by atoms with E-state index >= 15 is 0 Å². The molecule has 1 amide bonds. The number of hydrogen-bond acceptors (Lipinski definition) is 6. The minimum atomic E-state index is -5.88. The van der Waals surface area contributed by atoms with E-state index in [1.54, 1.807) is 0 Å². The van der Waals surface area contributed by atoms with Crippen molar-refractivity contribution in [3.8, 4) is 5.75 Å². The van der Waals surface area contributed by atoms with Crippen LogP contribution in [0.5, 0.6) is 5.75 Å². The minimum absolute atomic E-state index is 0.0927. The molecule has 0 aliphatic carbocycles. The van der Waals surface area contributed by atoms with Gasteiger partial charge in [-0.2, -0.15) is 35.1 Å². The number of alkyl halides is 8. The maximum Gasteiger partial charge on any atom is 0.458 e. The Bertz CT molecular complexity index is 1190. The van der Waals surface area contributed by atoms with Gasteiger partial charge in [-0.05, 0) is 11.6 Å². The Morgan fingerprint density at radius 1 is 1.12 bits per heavy atom. The Hall–Kier alpha value is -2.49. The topological polar surface area (TPSA) is 76.6 Å². The lowest BCUT2D eigenvalue weighted by Gasteiger charge is -2.20. The van der Waals surface area contributed by atoms with E-state index in [0.717, 1.165) is 17.2 Å². The monoisotopic (exact) mass is 524 g/mol. The molecule has 0 N–H and O–H groups in total. The molecule has 0 bridgehead atoms. The van der Waals surface area contributed by atoms with Gasteiger partial charge in [0.2, 0.25) is 0 Å². The normalized spacial score (nSPS) is 15.2. The summed E-state index contributed by atoms with van der Waals surface area (Å²) in [5, 5.41) is 0. The van der Waals surface area contributed by atoms with Gasteiger partial charge >= 0.3 is 18.3 Å². The predicted octanol–water partition coefficient (Wildman–Crippen LogP) is 4.69. The van der Waals surface area contributed by atoms with E-state index in [4.69, 9.17) is 0 Å². The standard InChI is InChI=1S/C17H12F8N2O4S2/c1-2-33(29,30)10-4-9(31-7-15(18,19)20)5-26-13(10)27-6-8-3-11(32-12(8)14(27)28)16(21,22)17(23,24)25/h3-5H,2,6-7H2,1H3.